The van der Waals surface area contributed by atoms with Crippen LogP contribution in [0.2, 0.25) is 0 Å². The zero-order valence-electron chi connectivity index (χ0n) is 11.8. The molecule has 1 heterocycles. The fourth-order valence-electron chi connectivity index (χ4n) is 0.950. The number of hydrogen-bond acceptors (Lipinski definition) is 3. The van der Waals surface area contributed by atoms with Crippen LogP contribution >= 0.6 is 11.3 Å². The Labute approximate surface area is 110 Å². The van der Waals surface area contributed by atoms with E-state index in [1.807, 2.05) is 53.1 Å². The Morgan fingerprint density at radius 3 is 2.29 bits per heavy atom. The summed E-state index contributed by atoms with van der Waals surface area (Å²) in [5, 5.41) is 1.06. The third-order valence-electron chi connectivity index (χ3n) is 1.47. The summed E-state index contributed by atoms with van der Waals surface area (Å²) in [6, 6.07) is 0. The van der Waals surface area contributed by atoms with Gasteiger partial charge in [0.25, 0.3) is 0 Å². The average molecular weight is 252 g/mol. The Hall–Kier alpha value is -1.22. The second-order valence-corrected chi connectivity index (χ2v) is 3.72. The van der Waals surface area contributed by atoms with E-state index in [-0.39, 0.29) is 0 Å². The lowest BCUT2D eigenvalue weighted by Gasteiger charge is -1.92. The first-order valence-corrected chi connectivity index (χ1v) is 6.77. The van der Waals surface area contributed by atoms with Gasteiger partial charge < -0.3 is 0 Å². The van der Waals surface area contributed by atoms with Crippen molar-refractivity contribution in [3.63, 3.8) is 0 Å². The molecular formula is C14H24N2S. The highest BCUT2D eigenvalue weighted by molar-refractivity contribution is 7.13. The molecule has 0 aliphatic heterocycles. The Kier molecular flexibility index (Phi) is 13.7. The van der Waals surface area contributed by atoms with Crippen LogP contribution in [0.25, 0.3) is 5.57 Å². The Morgan fingerprint density at radius 1 is 1.35 bits per heavy atom. The van der Waals surface area contributed by atoms with Gasteiger partial charge in [-0.05, 0) is 6.92 Å². The van der Waals surface area contributed by atoms with Crippen LogP contribution in [0.5, 0.6) is 0 Å². The molecule has 0 fully saturated rings. The van der Waals surface area contributed by atoms with Crippen LogP contribution < -0.4 is 0 Å². The first-order chi connectivity index (χ1) is 8.27. The van der Waals surface area contributed by atoms with Gasteiger partial charge in [-0.1, -0.05) is 46.4 Å². The summed E-state index contributed by atoms with van der Waals surface area (Å²) in [5.74, 6) is 0. The van der Waals surface area contributed by atoms with Crippen LogP contribution in [0.3, 0.4) is 0 Å². The fraction of sp³-hybridized carbons (Fsp3) is 0.429. The third-order valence-corrected chi connectivity index (χ3v) is 2.43. The third kappa shape index (κ3) is 7.64. The molecule has 3 heteroatoms. The van der Waals surface area contributed by atoms with Crippen LogP contribution in [0.4, 0.5) is 0 Å². The number of aromatic nitrogens is 1. The molecule has 2 nitrogen and oxygen atoms in total. The predicted molar refractivity (Wildman–Crippen MR) is 82.1 cm³/mol. The topological polar surface area (TPSA) is 25.2 Å². The minimum Gasteiger partial charge on any atom is -0.296 e. The van der Waals surface area contributed by atoms with E-state index in [0.29, 0.717) is 0 Å². The van der Waals surface area contributed by atoms with Crippen molar-refractivity contribution in [2.75, 3.05) is 7.05 Å². The Bertz CT molecular complexity index is 349. The van der Waals surface area contributed by atoms with Gasteiger partial charge in [0, 0.05) is 25.0 Å². The van der Waals surface area contributed by atoms with Crippen molar-refractivity contribution in [1.29, 1.82) is 0 Å². The van der Waals surface area contributed by atoms with E-state index in [2.05, 4.69) is 16.6 Å². The summed E-state index contributed by atoms with van der Waals surface area (Å²) in [4.78, 5) is 9.29. The fourth-order valence-corrected chi connectivity index (χ4v) is 1.72. The lowest BCUT2D eigenvalue weighted by atomic mass is 10.2. The molecule has 96 valence electrons. The SMILES string of the molecule is C=C/C=C(\C=NC)c1cnc(C)s1.CC.CC. The highest BCUT2D eigenvalue weighted by atomic mass is 32.1. The second-order valence-electron chi connectivity index (χ2n) is 2.49. The van der Waals surface area contributed by atoms with Crippen molar-refractivity contribution in [3.05, 3.63) is 34.8 Å². The van der Waals surface area contributed by atoms with Gasteiger partial charge in [-0.2, -0.15) is 0 Å². The number of rotatable bonds is 3. The molecule has 0 amide bonds. The first kappa shape index (κ1) is 18.2. The molecule has 17 heavy (non-hydrogen) atoms. The van der Waals surface area contributed by atoms with Crippen molar-refractivity contribution >= 4 is 23.1 Å². The number of allylic oxidation sites excluding steroid dienone is 3. The summed E-state index contributed by atoms with van der Waals surface area (Å²) in [7, 11) is 1.75. The van der Waals surface area contributed by atoms with Crippen molar-refractivity contribution < 1.29 is 0 Å². The standard InChI is InChI=1S/C10H12N2S.2C2H6/c1-4-5-9(6-11-3)10-7-12-8(2)13-10;2*1-2/h4-7H,1H2,2-3H3;2*1-2H3/b9-5+,11-6?;;. The van der Waals surface area contributed by atoms with E-state index in [1.165, 1.54) is 0 Å². The van der Waals surface area contributed by atoms with E-state index in [1.54, 1.807) is 24.5 Å². The molecule has 0 N–H and O–H groups in total. The quantitative estimate of drug-likeness (QED) is 0.561. The van der Waals surface area contributed by atoms with Gasteiger partial charge >= 0.3 is 0 Å². The van der Waals surface area contributed by atoms with Crippen LogP contribution in [-0.2, 0) is 0 Å². The van der Waals surface area contributed by atoms with E-state index in [0.717, 1.165) is 15.5 Å². The maximum atomic E-state index is 4.18. The van der Waals surface area contributed by atoms with Crippen molar-refractivity contribution in [3.8, 4) is 0 Å². The predicted octanol–water partition coefficient (Wildman–Crippen LogP) is 4.77. The first-order valence-electron chi connectivity index (χ1n) is 5.95. The molecule has 0 aliphatic rings. The minimum absolute atomic E-state index is 1.06. The van der Waals surface area contributed by atoms with Gasteiger partial charge in [0.05, 0.1) is 9.88 Å². The molecule has 0 atom stereocenters. The van der Waals surface area contributed by atoms with Crippen molar-refractivity contribution in [2.45, 2.75) is 34.6 Å². The molecule has 0 radical (unpaired) electrons. The highest BCUT2D eigenvalue weighted by Crippen LogP contribution is 2.19. The molecule has 1 aromatic rings. The molecule has 1 aromatic heterocycles. The van der Waals surface area contributed by atoms with E-state index < -0.39 is 0 Å². The zero-order valence-corrected chi connectivity index (χ0v) is 12.6. The zero-order chi connectivity index (χ0) is 13.7. The van der Waals surface area contributed by atoms with Crippen molar-refractivity contribution in [1.82, 2.24) is 4.98 Å². The number of aliphatic imine (C=N–C) groups is 1. The molecule has 0 saturated carbocycles. The summed E-state index contributed by atoms with van der Waals surface area (Å²) < 4.78 is 0. The van der Waals surface area contributed by atoms with Gasteiger partial charge in [0.1, 0.15) is 0 Å². The maximum absolute atomic E-state index is 4.18. The number of hydrogen-bond donors (Lipinski definition) is 0. The van der Waals surface area contributed by atoms with Crippen LogP contribution in [0, 0.1) is 6.92 Å². The summed E-state index contributed by atoms with van der Waals surface area (Å²) in [6.45, 7) is 13.7. The van der Waals surface area contributed by atoms with Crippen LogP contribution in [0.15, 0.2) is 29.9 Å². The molecule has 0 aromatic carbocycles. The van der Waals surface area contributed by atoms with Gasteiger partial charge in [0.15, 0.2) is 0 Å². The minimum atomic E-state index is 1.06. The second kappa shape index (κ2) is 12.8. The van der Waals surface area contributed by atoms with Gasteiger partial charge in [-0.3, -0.25) is 4.99 Å². The Balaban J connectivity index is 0. The summed E-state index contributed by atoms with van der Waals surface area (Å²) in [5.41, 5.74) is 1.06. The lowest BCUT2D eigenvalue weighted by molar-refractivity contribution is 1.29. The Morgan fingerprint density at radius 2 is 1.94 bits per heavy atom. The van der Waals surface area contributed by atoms with E-state index >= 15 is 0 Å². The number of nitrogens with zero attached hydrogens (tertiary/aromatic N) is 2. The smallest absolute Gasteiger partial charge is 0.0900 e. The average Bonchev–Trinajstić information content (AvgIpc) is 2.81. The maximum Gasteiger partial charge on any atom is 0.0900 e. The lowest BCUT2D eigenvalue weighted by Crippen LogP contribution is -1.80. The van der Waals surface area contributed by atoms with E-state index in [4.69, 9.17) is 0 Å². The number of thiazole rings is 1. The van der Waals surface area contributed by atoms with Gasteiger partial charge in [-0.15, -0.1) is 11.3 Å². The highest BCUT2D eigenvalue weighted by Gasteiger charge is 2.01. The van der Waals surface area contributed by atoms with Gasteiger partial charge in [0.2, 0.25) is 0 Å². The van der Waals surface area contributed by atoms with E-state index in [9.17, 15) is 0 Å². The monoisotopic (exact) mass is 252 g/mol. The molecule has 0 saturated heterocycles. The number of aryl methyl sites for hydroxylation is 1. The summed E-state index contributed by atoms with van der Waals surface area (Å²) >= 11 is 1.66. The van der Waals surface area contributed by atoms with Crippen molar-refractivity contribution in [2.24, 2.45) is 4.99 Å². The van der Waals surface area contributed by atoms with Gasteiger partial charge in [-0.25, -0.2) is 4.98 Å². The molecule has 0 spiro atoms. The summed E-state index contributed by atoms with van der Waals surface area (Å²) in [6.07, 6.45) is 7.36. The normalized spacial score (nSPS) is 10.1. The molecule has 0 unspecified atom stereocenters. The van der Waals surface area contributed by atoms with Crippen LogP contribution in [0.1, 0.15) is 37.6 Å². The molecule has 1 rings (SSSR count). The largest absolute Gasteiger partial charge is 0.296 e. The van der Waals surface area contributed by atoms with Crippen LogP contribution in [-0.4, -0.2) is 18.2 Å². The molecule has 0 aliphatic carbocycles. The molecular weight excluding hydrogens is 228 g/mol. The molecule has 0 bridgehead atoms.